The number of aromatic nitrogens is 2. The second-order valence-corrected chi connectivity index (χ2v) is 4.51. The lowest BCUT2D eigenvalue weighted by molar-refractivity contribution is -0.143. The van der Waals surface area contributed by atoms with Gasteiger partial charge in [0, 0.05) is 19.4 Å². The first-order chi connectivity index (χ1) is 9.04. The van der Waals surface area contributed by atoms with E-state index in [9.17, 15) is 14.4 Å². The Morgan fingerprint density at radius 2 is 2.11 bits per heavy atom. The number of urea groups is 1. The van der Waals surface area contributed by atoms with Gasteiger partial charge >= 0.3 is 6.03 Å². The number of nitrogens with one attached hydrogen (secondary N) is 1. The molecule has 0 bridgehead atoms. The Morgan fingerprint density at radius 3 is 2.68 bits per heavy atom. The van der Waals surface area contributed by atoms with Crippen LogP contribution < -0.4 is 5.32 Å². The maximum atomic E-state index is 12.2. The smallest absolute Gasteiger partial charge is 0.331 e. The van der Waals surface area contributed by atoms with Gasteiger partial charge in [-0.1, -0.05) is 13.3 Å². The van der Waals surface area contributed by atoms with Crippen molar-refractivity contribution in [1.29, 1.82) is 0 Å². The van der Waals surface area contributed by atoms with Crippen molar-refractivity contribution in [3.63, 3.8) is 0 Å². The molecule has 4 amide bonds. The van der Waals surface area contributed by atoms with E-state index in [0.29, 0.717) is 18.7 Å². The van der Waals surface area contributed by atoms with E-state index in [4.69, 9.17) is 0 Å². The molecule has 7 nitrogen and oxygen atoms in total. The number of aryl methyl sites for hydroxylation is 1. The van der Waals surface area contributed by atoms with E-state index in [1.54, 1.807) is 24.0 Å². The Hall–Kier alpha value is -2.18. The maximum Gasteiger partial charge on any atom is 0.331 e. The van der Waals surface area contributed by atoms with Gasteiger partial charge in [-0.3, -0.25) is 19.8 Å². The van der Waals surface area contributed by atoms with Gasteiger partial charge in [0.2, 0.25) is 11.8 Å². The zero-order valence-electron chi connectivity index (χ0n) is 10.9. The van der Waals surface area contributed by atoms with Crippen LogP contribution in [0.3, 0.4) is 0 Å². The summed E-state index contributed by atoms with van der Waals surface area (Å²) in [6, 6.07) is -0.676. The van der Waals surface area contributed by atoms with Crippen molar-refractivity contribution in [2.75, 3.05) is 0 Å². The Bertz CT molecular complexity index is 523. The van der Waals surface area contributed by atoms with Gasteiger partial charge in [0.25, 0.3) is 0 Å². The fourth-order valence-electron chi connectivity index (χ4n) is 2.04. The first kappa shape index (κ1) is 13.3. The van der Waals surface area contributed by atoms with Gasteiger partial charge < -0.3 is 4.57 Å². The molecule has 0 aliphatic carbocycles. The van der Waals surface area contributed by atoms with Crippen molar-refractivity contribution in [2.24, 2.45) is 13.0 Å². The van der Waals surface area contributed by atoms with Crippen molar-refractivity contribution in [2.45, 2.75) is 26.3 Å². The van der Waals surface area contributed by atoms with Crippen LogP contribution in [-0.4, -0.2) is 32.3 Å². The molecule has 0 spiro atoms. The van der Waals surface area contributed by atoms with Crippen molar-refractivity contribution in [3.8, 4) is 0 Å². The van der Waals surface area contributed by atoms with Crippen LogP contribution in [0.15, 0.2) is 12.4 Å². The van der Waals surface area contributed by atoms with E-state index < -0.39 is 23.8 Å². The van der Waals surface area contributed by atoms with E-state index in [-0.39, 0.29) is 6.54 Å². The number of rotatable bonds is 4. The van der Waals surface area contributed by atoms with Crippen LogP contribution in [0.4, 0.5) is 4.79 Å². The number of imidazole rings is 1. The van der Waals surface area contributed by atoms with E-state index in [1.165, 1.54) is 0 Å². The summed E-state index contributed by atoms with van der Waals surface area (Å²) in [6.45, 7) is 1.96. The molecule has 102 valence electrons. The predicted molar refractivity (Wildman–Crippen MR) is 65.7 cm³/mol. The van der Waals surface area contributed by atoms with Crippen molar-refractivity contribution < 1.29 is 14.4 Å². The van der Waals surface area contributed by atoms with Crippen LogP contribution in [0, 0.1) is 5.92 Å². The molecule has 2 heterocycles. The van der Waals surface area contributed by atoms with Crippen LogP contribution >= 0.6 is 0 Å². The van der Waals surface area contributed by atoms with Gasteiger partial charge in [-0.2, -0.15) is 0 Å². The fraction of sp³-hybridized carbons (Fsp3) is 0.500. The molecule has 1 saturated heterocycles. The molecule has 1 aliphatic heterocycles. The molecule has 1 unspecified atom stereocenters. The predicted octanol–water partition coefficient (Wildman–Crippen LogP) is 0.415. The number of amides is 4. The third-order valence-electron chi connectivity index (χ3n) is 3.15. The average Bonchev–Trinajstić information content (AvgIpc) is 2.76. The highest BCUT2D eigenvalue weighted by atomic mass is 16.2. The minimum atomic E-state index is -0.775. The number of hydrogen-bond donors (Lipinski definition) is 1. The summed E-state index contributed by atoms with van der Waals surface area (Å²) in [5.74, 6) is -1.14. The van der Waals surface area contributed by atoms with Gasteiger partial charge in [0.1, 0.15) is 11.7 Å². The summed E-state index contributed by atoms with van der Waals surface area (Å²) in [5.41, 5.74) is 0. The first-order valence-electron chi connectivity index (χ1n) is 6.17. The van der Waals surface area contributed by atoms with Crippen LogP contribution in [0.25, 0.3) is 0 Å². The minimum Gasteiger partial charge on any atom is -0.337 e. The van der Waals surface area contributed by atoms with Crippen molar-refractivity contribution in [3.05, 3.63) is 18.2 Å². The van der Waals surface area contributed by atoms with E-state index >= 15 is 0 Å². The lowest BCUT2D eigenvalue weighted by Gasteiger charge is -2.29. The highest BCUT2D eigenvalue weighted by Crippen LogP contribution is 2.17. The molecule has 1 N–H and O–H groups in total. The standard InChI is InChI=1S/C12H16N4O3/c1-3-4-8-10(17)14-12(19)16(11(8)18)7-9-13-5-6-15(9)2/h5-6,8H,3-4,7H2,1-2H3,(H,14,17,19). The molecule has 0 aromatic carbocycles. The zero-order chi connectivity index (χ0) is 14.0. The number of hydrogen-bond acceptors (Lipinski definition) is 4. The van der Waals surface area contributed by atoms with Crippen LogP contribution in [0.1, 0.15) is 25.6 Å². The third-order valence-corrected chi connectivity index (χ3v) is 3.15. The molecular formula is C12H16N4O3. The van der Waals surface area contributed by atoms with Gasteiger partial charge in [-0.05, 0) is 6.42 Å². The Morgan fingerprint density at radius 1 is 1.37 bits per heavy atom. The molecule has 1 atom stereocenters. The molecule has 7 heteroatoms. The molecule has 2 rings (SSSR count). The number of carbonyl (C=O) groups is 3. The number of imide groups is 2. The highest BCUT2D eigenvalue weighted by Gasteiger charge is 2.39. The summed E-state index contributed by atoms with van der Waals surface area (Å²) < 4.78 is 1.73. The third kappa shape index (κ3) is 2.49. The monoisotopic (exact) mass is 264 g/mol. The lowest BCUT2D eigenvalue weighted by atomic mass is 9.99. The number of barbiturate groups is 1. The van der Waals surface area contributed by atoms with Gasteiger partial charge in [0.15, 0.2) is 0 Å². The van der Waals surface area contributed by atoms with E-state index in [1.807, 2.05) is 6.92 Å². The second-order valence-electron chi connectivity index (χ2n) is 4.51. The molecule has 0 radical (unpaired) electrons. The molecular weight excluding hydrogens is 248 g/mol. The maximum absolute atomic E-state index is 12.2. The molecule has 1 fully saturated rings. The lowest BCUT2D eigenvalue weighted by Crippen LogP contribution is -2.57. The summed E-state index contributed by atoms with van der Waals surface area (Å²) in [4.78, 5) is 40.7. The van der Waals surface area contributed by atoms with Gasteiger partial charge in [0.05, 0.1) is 6.54 Å². The van der Waals surface area contributed by atoms with E-state index in [0.717, 1.165) is 4.90 Å². The Labute approximate surface area is 110 Å². The highest BCUT2D eigenvalue weighted by molar-refractivity contribution is 6.16. The van der Waals surface area contributed by atoms with Crippen molar-refractivity contribution >= 4 is 17.8 Å². The zero-order valence-corrected chi connectivity index (χ0v) is 10.9. The molecule has 1 aliphatic rings. The number of carbonyl (C=O) groups excluding carboxylic acids is 3. The largest absolute Gasteiger partial charge is 0.337 e. The Balaban J connectivity index is 2.19. The quantitative estimate of drug-likeness (QED) is 0.798. The summed E-state index contributed by atoms with van der Waals surface area (Å²) >= 11 is 0. The van der Waals surface area contributed by atoms with E-state index in [2.05, 4.69) is 10.3 Å². The average molecular weight is 264 g/mol. The second kappa shape index (κ2) is 5.21. The fourth-order valence-corrected chi connectivity index (χ4v) is 2.04. The van der Waals surface area contributed by atoms with Gasteiger partial charge in [-0.15, -0.1) is 0 Å². The molecule has 1 aromatic rings. The SMILES string of the molecule is CCCC1C(=O)NC(=O)N(Cc2nccn2C)C1=O. The normalized spacial score (nSPS) is 19.8. The Kier molecular flexibility index (Phi) is 3.64. The topological polar surface area (TPSA) is 84.3 Å². The summed E-state index contributed by atoms with van der Waals surface area (Å²) in [5, 5.41) is 2.22. The molecule has 1 aromatic heterocycles. The number of nitrogens with zero attached hydrogens (tertiary/aromatic N) is 3. The van der Waals surface area contributed by atoms with Crippen molar-refractivity contribution in [1.82, 2.24) is 19.8 Å². The first-order valence-corrected chi connectivity index (χ1v) is 6.17. The molecule has 0 saturated carbocycles. The van der Waals surface area contributed by atoms with Crippen LogP contribution in [-0.2, 0) is 23.2 Å². The summed E-state index contributed by atoms with van der Waals surface area (Å²) in [6.07, 6.45) is 4.47. The summed E-state index contributed by atoms with van der Waals surface area (Å²) in [7, 11) is 1.78. The minimum absolute atomic E-state index is 0.0711. The van der Waals surface area contributed by atoms with Crippen LogP contribution in [0.5, 0.6) is 0 Å². The van der Waals surface area contributed by atoms with Gasteiger partial charge in [-0.25, -0.2) is 9.78 Å². The molecule has 19 heavy (non-hydrogen) atoms. The van der Waals surface area contributed by atoms with Crippen LogP contribution in [0.2, 0.25) is 0 Å².